The number of methoxy groups -OCH3 is 1. The molecule has 37 heavy (non-hydrogen) atoms. The van der Waals surface area contributed by atoms with Crippen LogP contribution in [0.25, 0.3) is 33.3 Å². The SMILES string of the molecule is COc1cc(-c2cnn(C[C@H](C)O)c2)cc2nn(C)c(-c3cc(OC(F)F)c4c(c3)C(C)CNC4=O)c12. The molecule has 0 spiro atoms. The normalized spacial score (nSPS) is 16.1. The second-order valence-corrected chi connectivity index (χ2v) is 9.27. The molecule has 1 aliphatic rings. The maximum atomic E-state index is 13.3. The third-order valence-electron chi connectivity index (χ3n) is 6.49. The van der Waals surface area contributed by atoms with Crippen molar-refractivity contribution < 1.29 is 28.2 Å². The van der Waals surface area contributed by atoms with Crippen LogP contribution in [0.2, 0.25) is 0 Å². The first kappa shape index (κ1) is 24.7. The van der Waals surface area contributed by atoms with Gasteiger partial charge in [-0.2, -0.15) is 19.0 Å². The molecule has 2 atom stereocenters. The highest BCUT2D eigenvalue weighted by atomic mass is 19.3. The van der Waals surface area contributed by atoms with Gasteiger partial charge in [0.2, 0.25) is 0 Å². The number of halogens is 2. The van der Waals surface area contributed by atoms with Gasteiger partial charge in [-0.3, -0.25) is 14.2 Å². The van der Waals surface area contributed by atoms with Gasteiger partial charge in [0, 0.05) is 30.9 Å². The highest BCUT2D eigenvalue weighted by molar-refractivity contribution is 6.03. The lowest BCUT2D eigenvalue weighted by Gasteiger charge is -2.25. The summed E-state index contributed by atoms with van der Waals surface area (Å²) in [6.45, 7) is 1.28. The second-order valence-electron chi connectivity index (χ2n) is 9.27. The average Bonchev–Trinajstić information content (AvgIpc) is 3.43. The van der Waals surface area contributed by atoms with Crippen LogP contribution in [0.1, 0.15) is 35.7 Å². The van der Waals surface area contributed by atoms with Crippen molar-refractivity contribution in [3.63, 3.8) is 0 Å². The minimum Gasteiger partial charge on any atom is -0.496 e. The zero-order valence-corrected chi connectivity index (χ0v) is 20.8. The molecule has 11 heteroatoms. The fourth-order valence-corrected chi connectivity index (χ4v) is 4.87. The molecule has 0 fully saturated rings. The number of ether oxygens (including phenoxy) is 2. The number of nitrogens with zero attached hydrogens (tertiary/aromatic N) is 4. The first-order valence-corrected chi connectivity index (χ1v) is 11.8. The van der Waals surface area contributed by atoms with Crippen LogP contribution in [0.15, 0.2) is 36.7 Å². The van der Waals surface area contributed by atoms with E-state index in [1.807, 2.05) is 31.3 Å². The highest BCUT2D eigenvalue weighted by Gasteiger charge is 2.30. The molecule has 0 saturated carbocycles. The average molecular weight is 512 g/mol. The Hall–Kier alpha value is -3.99. The Kier molecular flexibility index (Phi) is 6.32. The first-order chi connectivity index (χ1) is 17.7. The molecule has 3 heterocycles. The van der Waals surface area contributed by atoms with Crippen LogP contribution in [0.5, 0.6) is 11.5 Å². The number of alkyl halides is 2. The van der Waals surface area contributed by atoms with Crippen LogP contribution in [-0.2, 0) is 13.6 Å². The summed E-state index contributed by atoms with van der Waals surface area (Å²) in [5.74, 6) is -0.178. The number of aryl methyl sites for hydroxylation is 1. The van der Waals surface area contributed by atoms with Crippen molar-refractivity contribution in [2.45, 2.75) is 39.0 Å². The predicted octanol–water partition coefficient (Wildman–Crippen LogP) is 3.94. The van der Waals surface area contributed by atoms with Crippen LogP contribution in [0.4, 0.5) is 8.78 Å². The Morgan fingerprint density at radius 3 is 2.65 bits per heavy atom. The summed E-state index contributed by atoms with van der Waals surface area (Å²) in [6, 6.07) is 7.05. The summed E-state index contributed by atoms with van der Waals surface area (Å²) in [5, 5.41) is 22.1. The number of benzene rings is 2. The lowest BCUT2D eigenvalue weighted by Crippen LogP contribution is -2.34. The van der Waals surface area contributed by atoms with E-state index in [2.05, 4.69) is 15.5 Å². The minimum atomic E-state index is -3.08. The Morgan fingerprint density at radius 1 is 1.19 bits per heavy atom. The van der Waals surface area contributed by atoms with Crippen molar-refractivity contribution in [2.24, 2.45) is 7.05 Å². The van der Waals surface area contributed by atoms with E-state index in [-0.39, 0.29) is 17.2 Å². The number of carbonyl (C=O) groups excluding carboxylic acids is 1. The molecule has 1 unspecified atom stereocenters. The molecule has 0 saturated heterocycles. The number of carbonyl (C=O) groups is 1. The van der Waals surface area contributed by atoms with Crippen LogP contribution < -0.4 is 14.8 Å². The summed E-state index contributed by atoms with van der Waals surface area (Å²) in [7, 11) is 3.31. The van der Waals surface area contributed by atoms with Crippen molar-refractivity contribution in [1.82, 2.24) is 24.9 Å². The van der Waals surface area contributed by atoms with Crippen LogP contribution in [-0.4, -0.2) is 56.9 Å². The molecule has 5 rings (SSSR count). The van der Waals surface area contributed by atoms with Crippen LogP contribution >= 0.6 is 0 Å². The van der Waals surface area contributed by atoms with Gasteiger partial charge < -0.3 is 19.9 Å². The molecule has 1 aliphatic heterocycles. The van der Waals surface area contributed by atoms with Gasteiger partial charge in [-0.25, -0.2) is 0 Å². The fraction of sp³-hybridized carbons (Fsp3) is 0.346. The van der Waals surface area contributed by atoms with Crippen molar-refractivity contribution in [1.29, 1.82) is 0 Å². The van der Waals surface area contributed by atoms with E-state index in [9.17, 15) is 18.7 Å². The molecule has 9 nitrogen and oxygen atoms in total. The van der Waals surface area contributed by atoms with E-state index in [1.54, 1.807) is 36.6 Å². The van der Waals surface area contributed by atoms with Crippen molar-refractivity contribution >= 4 is 16.8 Å². The number of hydrogen-bond donors (Lipinski definition) is 2. The predicted molar refractivity (Wildman–Crippen MR) is 133 cm³/mol. The number of aromatic nitrogens is 4. The standard InChI is InChI=1S/C26H27F2N5O4/c1-13-9-29-25(35)22-18(13)5-16(8-21(22)37-26(27)28)24-23-19(31-32(24)3)6-15(7-20(23)36-4)17-10-30-33(12-17)11-14(2)34/h5-8,10,12-14,26,34H,9,11H2,1-4H3,(H,29,35)/t13?,14-/m0/s1. The van der Waals surface area contributed by atoms with Gasteiger partial charge in [-0.1, -0.05) is 6.92 Å². The summed E-state index contributed by atoms with van der Waals surface area (Å²) in [6.07, 6.45) is 3.00. The number of fused-ring (bicyclic) bond motifs is 2. The van der Waals surface area contributed by atoms with Gasteiger partial charge in [0.15, 0.2) is 0 Å². The molecule has 2 aromatic heterocycles. The van der Waals surface area contributed by atoms with Gasteiger partial charge in [0.05, 0.1) is 48.1 Å². The number of amides is 1. The molecule has 0 bridgehead atoms. The third-order valence-corrected chi connectivity index (χ3v) is 6.49. The van der Waals surface area contributed by atoms with E-state index in [0.717, 1.165) is 11.1 Å². The molecule has 194 valence electrons. The number of aliphatic hydroxyl groups excluding tert-OH is 1. The zero-order valence-electron chi connectivity index (χ0n) is 20.8. The summed E-state index contributed by atoms with van der Waals surface area (Å²) < 4.78 is 40.5. The van der Waals surface area contributed by atoms with E-state index >= 15 is 0 Å². The van der Waals surface area contributed by atoms with Crippen LogP contribution in [0, 0.1) is 0 Å². The quantitative estimate of drug-likeness (QED) is 0.390. The zero-order chi connectivity index (χ0) is 26.4. The minimum absolute atomic E-state index is 0.0983. The largest absolute Gasteiger partial charge is 0.496 e. The Balaban J connectivity index is 1.68. The number of rotatable bonds is 7. The van der Waals surface area contributed by atoms with Crippen LogP contribution in [0.3, 0.4) is 0 Å². The molecule has 0 radical (unpaired) electrons. The number of aliphatic hydroxyl groups is 1. The van der Waals surface area contributed by atoms with E-state index in [1.165, 1.54) is 6.07 Å². The fourth-order valence-electron chi connectivity index (χ4n) is 4.87. The Bertz CT molecular complexity index is 1490. The van der Waals surface area contributed by atoms with E-state index < -0.39 is 18.6 Å². The smallest absolute Gasteiger partial charge is 0.387 e. The molecule has 0 aliphatic carbocycles. The highest BCUT2D eigenvalue weighted by Crippen LogP contribution is 2.42. The van der Waals surface area contributed by atoms with Gasteiger partial charge in [0.25, 0.3) is 5.91 Å². The maximum absolute atomic E-state index is 13.3. The van der Waals surface area contributed by atoms with E-state index in [4.69, 9.17) is 9.47 Å². The molecule has 1 amide bonds. The van der Waals surface area contributed by atoms with Gasteiger partial charge in [-0.15, -0.1) is 0 Å². The van der Waals surface area contributed by atoms with Crippen molar-refractivity contribution in [3.05, 3.63) is 47.8 Å². The molecular formula is C26H27F2N5O4. The Morgan fingerprint density at radius 2 is 1.95 bits per heavy atom. The first-order valence-electron chi connectivity index (χ1n) is 11.8. The summed E-state index contributed by atoms with van der Waals surface area (Å²) >= 11 is 0. The van der Waals surface area contributed by atoms with Crippen molar-refractivity contribution in [2.75, 3.05) is 13.7 Å². The monoisotopic (exact) mass is 511 g/mol. The lowest BCUT2D eigenvalue weighted by atomic mass is 9.88. The summed E-state index contributed by atoms with van der Waals surface area (Å²) in [4.78, 5) is 12.5. The van der Waals surface area contributed by atoms with E-state index in [0.29, 0.717) is 46.6 Å². The lowest BCUT2D eigenvalue weighted by molar-refractivity contribution is -0.0502. The van der Waals surface area contributed by atoms with Gasteiger partial charge in [0.1, 0.15) is 11.5 Å². The van der Waals surface area contributed by atoms with Gasteiger partial charge >= 0.3 is 6.61 Å². The van der Waals surface area contributed by atoms with Crippen molar-refractivity contribution in [3.8, 4) is 33.9 Å². The molecular weight excluding hydrogens is 484 g/mol. The summed E-state index contributed by atoms with van der Waals surface area (Å²) in [5.41, 5.74) is 4.26. The Labute approximate surface area is 211 Å². The number of nitrogens with one attached hydrogen (secondary N) is 1. The molecule has 2 aromatic carbocycles. The second kappa shape index (κ2) is 9.47. The maximum Gasteiger partial charge on any atom is 0.387 e. The number of hydrogen-bond acceptors (Lipinski definition) is 6. The molecule has 4 aromatic rings. The third kappa shape index (κ3) is 4.50. The van der Waals surface area contributed by atoms with Gasteiger partial charge in [-0.05, 0) is 48.2 Å². The molecule has 2 N–H and O–H groups in total. The topological polar surface area (TPSA) is 103 Å².